The van der Waals surface area contributed by atoms with Crippen LogP contribution in [-0.4, -0.2) is 37.9 Å². The number of alkyl halides is 3. The molecule has 8 nitrogen and oxygen atoms in total. The molecule has 2 aromatic carbocycles. The van der Waals surface area contributed by atoms with Crippen molar-refractivity contribution in [3.8, 4) is 17.3 Å². The first kappa shape index (κ1) is 27.9. The van der Waals surface area contributed by atoms with Gasteiger partial charge >= 0.3 is 6.18 Å². The van der Waals surface area contributed by atoms with Crippen molar-refractivity contribution in [2.24, 2.45) is 5.73 Å². The Balaban J connectivity index is 1.55. The molecule has 5 aromatic rings. The van der Waals surface area contributed by atoms with E-state index < -0.39 is 23.5 Å². The minimum absolute atomic E-state index is 0.0832. The lowest BCUT2D eigenvalue weighted by molar-refractivity contribution is -0.141. The van der Waals surface area contributed by atoms with Crippen LogP contribution in [0.15, 0.2) is 60.9 Å². The quantitative estimate of drug-likeness (QED) is 0.214. The van der Waals surface area contributed by atoms with Crippen molar-refractivity contribution in [1.82, 2.24) is 24.7 Å². The maximum absolute atomic E-state index is 14.8. The lowest BCUT2D eigenvalue weighted by Gasteiger charge is -2.13. The SMILES string of the molecule is CCOc1cc(F)c(Cn2nc(-c3ncc(CCN)c(Nc4ccnc(C(F)(F)F)c4)n3)c3ccccc32)c(F)c1. The van der Waals surface area contributed by atoms with Crippen LogP contribution in [-0.2, 0) is 19.1 Å². The Morgan fingerprint density at radius 3 is 2.49 bits per heavy atom. The molecule has 0 spiro atoms. The Morgan fingerprint density at radius 1 is 1.02 bits per heavy atom. The van der Waals surface area contributed by atoms with E-state index in [1.165, 1.54) is 16.9 Å². The Labute approximate surface area is 231 Å². The summed E-state index contributed by atoms with van der Waals surface area (Å²) in [6, 6.07) is 11.5. The van der Waals surface area contributed by atoms with Crippen molar-refractivity contribution in [2.45, 2.75) is 26.1 Å². The summed E-state index contributed by atoms with van der Waals surface area (Å²) in [4.78, 5) is 12.4. The average molecular weight is 570 g/mol. The number of halogens is 5. The van der Waals surface area contributed by atoms with Gasteiger partial charge in [0.15, 0.2) is 5.82 Å². The molecular weight excluding hydrogens is 545 g/mol. The molecule has 3 N–H and O–H groups in total. The van der Waals surface area contributed by atoms with Crippen LogP contribution in [0.25, 0.3) is 22.4 Å². The highest BCUT2D eigenvalue weighted by Gasteiger charge is 2.32. The molecule has 5 rings (SSSR count). The van der Waals surface area contributed by atoms with Gasteiger partial charge in [-0.1, -0.05) is 18.2 Å². The number of hydrogen-bond acceptors (Lipinski definition) is 7. The number of hydrogen-bond donors (Lipinski definition) is 2. The van der Waals surface area contributed by atoms with Gasteiger partial charge in [-0.05, 0) is 38.1 Å². The zero-order valence-electron chi connectivity index (χ0n) is 21.7. The summed E-state index contributed by atoms with van der Waals surface area (Å²) < 4.78 is 76.0. The van der Waals surface area contributed by atoms with Crippen LogP contribution < -0.4 is 15.8 Å². The first-order valence-electron chi connectivity index (χ1n) is 12.6. The summed E-state index contributed by atoms with van der Waals surface area (Å²) in [5, 5.41) is 8.11. The summed E-state index contributed by atoms with van der Waals surface area (Å²) >= 11 is 0. The fourth-order valence-electron chi connectivity index (χ4n) is 4.31. The van der Waals surface area contributed by atoms with Gasteiger partial charge in [-0.25, -0.2) is 18.7 Å². The number of nitrogens with zero attached hydrogens (tertiary/aromatic N) is 5. The first-order chi connectivity index (χ1) is 19.7. The standard InChI is InChI=1S/C28H24F5N7O/c1-2-41-18-12-21(29)20(22(30)13-18)15-40-23-6-4-3-5-19(23)25(39-40)27-36-14-16(7-9-34)26(38-27)37-17-8-10-35-24(11-17)28(31,32)33/h3-6,8,10-14H,2,7,9,15,34H2,1H3,(H,35,36,37,38). The molecule has 0 bridgehead atoms. The number of pyridine rings is 1. The maximum atomic E-state index is 14.8. The Kier molecular flexibility index (Phi) is 7.79. The van der Waals surface area contributed by atoms with Crippen LogP contribution in [0, 0.1) is 11.6 Å². The third kappa shape index (κ3) is 5.94. The van der Waals surface area contributed by atoms with Gasteiger partial charge in [-0.3, -0.25) is 9.67 Å². The second kappa shape index (κ2) is 11.5. The largest absolute Gasteiger partial charge is 0.494 e. The molecule has 3 aromatic heterocycles. The Bertz CT molecular complexity index is 1680. The first-order valence-corrected chi connectivity index (χ1v) is 12.6. The second-order valence-corrected chi connectivity index (χ2v) is 8.98. The van der Waals surface area contributed by atoms with E-state index >= 15 is 0 Å². The van der Waals surface area contributed by atoms with Crippen LogP contribution in [0.4, 0.5) is 33.5 Å². The summed E-state index contributed by atoms with van der Waals surface area (Å²) in [6.45, 7) is 2.00. The topological polar surface area (TPSA) is 104 Å². The van der Waals surface area contributed by atoms with E-state index in [0.29, 0.717) is 28.6 Å². The van der Waals surface area contributed by atoms with E-state index in [1.54, 1.807) is 31.2 Å². The summed E-state index contributed by atoms with van der Waals surface area (Å²) in [5.74, 6) is -1.08. The van der Waals surface area contributed by atoms with Gasteiger partial charge < -0.3 is 15.8 Å². The fraction of sp³-hybridized carbons (Fsp3) is 0.214. The molecule has 0 radical (unpaired) electrons. The summed E-state index contributed by atoms with van der Waals surface area (Å²) in [7, 11) is 0. The number of rotatable bonds is 9. The molecule has 41 heavy (non-hydrogen) atoms. The highest BCUT2D eigenvalue weighted by molar-refractivity contribution is 5.91. The maximum Gasteiger partial charge on any atom is 0.433 e. The fourth-order valence-corrected chi connectivity index (χ4v) is 4.31. The van der Waals surface area contributed by atoms with Crippen LogP contribution in [0.3, 0.4) is 0 Å². The molecule has 3 heterocycles. The molecule has 0 aliphatic heterocycles. The number of benzene rings is 2. The third-order valence-corrected chi connectivity index (χ3v) is 6.19. The monoisotopic (exact) mass is 569 g/mol. The number of nitrogens with two attached hydrogens (primary N) is 1. The minimum atomic E-state index is -4.62. The van der Waals surface area contributed by atoms with E-state index in [-0.39, 0.29) is 48.3 Å². The lowest BCUT2D eigenvalue weighted by Crippen LogP contribution is -2.10. The van der Waals surface area contributed by atoms with Gasteiger partial charge in [0.1, 0.15) is 34.6 Å². The Morgan fingerprint density at radius 2 is 1.78 bits per heavy atom. The highest BCUT2D eigenvalue weighted by Crippen LogP contribution is 2.32. The number of nitrogens with one attached hydrogen (secondary N) is 1. The van der Waals surface area contributed by atoms with E-state index in [0.717, 1.165) is 24.4 Å². The van der Waals surface area contributed by atoms with E-state index in [1.807, 2.05) is 0 Å². The zero-order chi connectivity index (χ0) is 29.1. The van der Waals surface area contributed by atoms with Crippen molar-refractivity contribution in [1.29, 1.82) is 0 Å². The predicted molar refractivity (Wildman–Crippen MR) is 143 cm³/mol. The lowest BCUT2D eigenvalue weighted by atomic mass is 10.1. The van der Waals surface area contributed by atoms with Crippen LogP contribution in [0.5, 0.6) is 5.75 Å². The van der Waals surface area contributed by atoms with Gasteiger partial charge in [0.25, 0.3) is 0 Å². The van der Waals surface area contributed by atoms with E-state index in [2.05, 4.69) is 25.4 Å². The number of para-hydroxylation sites is 1. The zero-order valence-corrected chi connectivity index (χ0v) is 21.7. The van der Waals surface area contributed by atoms with Crippen LogP contribution in [0.1, 0.15) is 23.7 Å². The molecule has 0 unspecified atom stereocenters. The van der Waals surface area contributed by atoms with Crippen molar-refractivity contribution in [3.63, 3.8) is 0 Å². The van der Waals surface area contributed by atoms with E-state index in [4.69, 9.17) is 10.5 Å². The third-order valence-electron chi connectivity index (χ3n) is 6.19. The number of aromatic nitrogens is 5. The van der Waals surface area contributed by atoms with Crippen LogP contribution in [0.2, 0.25) is 0 Å². The molecule has 0 aliphatic rings. The number of ether oxygens (including phenoxy) is 1. The number of anilines is 2. The molecule has 0 atom stereocenters. The molecule has 0 fully saturated rings. The van der Waals surface area contributed by atoms with Gasteiger partial charge in [-0.2, -0.15) is 18.3 Å². The molecule has 212 valence electrons. The minimum Gasteiger partial charge on any atom is -0.494 e. The van der Waals surface area contributed by atoms with E-state index in [9.17, 15) is 22.0 Å². The average Bonchev–Trinajstić information content (AvgIpc) is 3.30. The molecule has 0 saturated heterocycles. The Hall–Kier alpha value is -4.65. The second-order valence-electron chi connectivity index (χ2n) is 8.98. The normalized spacial score (nSPS) is 11.7. The van der Waals surface area contributed by atoms with Crippen molar-refractivity contribution < 1.29 is 26.7 Å². The predicted octanol–water partition coefficient (Wildman–Crippen LogP) is 5.88. The van der Waals surface area contributed by atoms with Gasteiger partial charge in [0, 0.05) is 46.7 Å². The summed E-state index contributed by atoms with van der Waals surface area (Å²) in [5.41, 5.74) is 6.05. The smallest absolute Gasteiger partial charge is 0.433 e. The van der Waals surface area contributed by atoms with Gasteiger partial charge in [-0.15, -0.1) is 0 Å². The van der Waals surface area contributed by atoms with Gasteiger partial charge in [0.05, 0.1) is 18.7 Å². The summed E-state index contributed by atoms with van der Waals surface area (Å²) in [6.07, 6.45) is -1.71. The molecule has 13 heteroatoms. The molecule has 0 amide bonds. The molecular formula is C28H24F5N7O. The highest BCUT2D eigenvalue weighted by atomic mass is 19.4. The molecule has 0 saturated carbocycles. The van der Waals surface area contributed by atoms with Crippen molar-refractivity contribution in [3.05, 3.63) is 89.4 Å². The number of fused-ring (bicyclic) bond motifs is 1. The molecule has 0 aliphatic carbocycles. The van der Waals surface area contributed by atoms with Gasteiger partial charge in [0.2, 0.25) is 0 Å². The van der Waals surface area contributed by atoms with Crippen molar-refractivity contribution >= 4 is 22.4 Å². The van der Waals surface area contributed by atoms with Crippen LogP contribution >= 0.6 is 0 Å². The van der Waals surface area contributed by atoms with Crippen molar-refractivity contribution in [2.75, 3.05) is 18.5 Å².